The lowest BCUT2D eigenvalue weighted by Crippen LogP contribution is -2.37. The second kappa shape index (κ2) is 4.45. The van der Waals surface area contributed by atoms with E-state index in [0.717, 1.165) is 12.2 Å². The van der Waals surface area contributed by atoms with Crippen LogP contribution < -0.4 is 5.32 Å². The van der Waals surface area contributed by atoms with Crippen LogP contribution in [0.25, 0.3) is 0 Å². The molecule has 0 aliphatic heterocycles. The molecular weight excluding hydrogens is 210 g/mol. The molecule has 1 atom stereocenters. The fourth-order valence-corrected chi connectivity index (χ4v) is 3.00. The van der Waals surface area contributed by atoms with Gasteiger partial charge >= 0.3 is 0 Å². The summed E-state index contributed by atoms with van der Waals surface area (Å²) in [6.07, 6.45) is 4.01. The van der Waals surface area contributed by atoms with Crippen molar-refractivity contribution in [2.75, 3.05) is 0 Å². The van der Waals surface area contributed by atoms with Crippen LogP contribution in [0.1, 0.15) is 50.1 Å². The standard InChI is InChI=1S/C14H25N3/c1-10-12(11(2)17(5)16-10)9-15-13-7-6-8-14(13,3)4/h13,15H,6-9H2,1-5H3. The van der Waals surface area contributed by atoms with Crippen LogP contribution >= 0.6 is 0 Å². The highest BCUT2D eigenvalue weighted by Gasteiger charge is 2.34. The molecular formula is C14H25N3. The first-order valence-corrected chi connectivity index (χ1v) is 6.64. The van der Waals surface area contributed by atoms with E-state index in [2.05, 4.69) is 38.1 Å². The van der Waals surface area contributed by atoms with Crippen molar-refractivity contribution in [3.8, 4) is 0 Å². The Morgan fingerprint density at radius 2 is 2.12 bits per heavy atom. The van der Waals surface area contributed by atoms with Gasteiger partial charge in [0.25, 0.3) is 0 Å². The Hall–Kier alpha value is -0.830. The molecule has 0 amide bonds. The molecule has 1 saturated carbocycles. The van der Waals surface area contributed by atoms with E-state index in [4.69, 9.17) is 0 Å². The Kier molecular flexibility index (Phi) is 3.30. The van der Waals surface area contributed by atoms with Crippen molar-refractivity contribution >= 4 is 0 Å². The van der Waals surface area contributed by atoms with Crippen molar-refractivity contribution in [2.45, 2.75) is 59.5 Å². The van der Waals surface area contributed by atoms with Gasteiger partial charge in [0.15, 0.2) is 0 Å². The van der Waals surface area contributed by atoms with Crippen molar-refractivity contribution in [1.82, 2.24) is 15.1 Å². The van der Waals surface area contributed by atoms with Crippen molar-refractivity contribution in [1.29, 1.82) is 0 Å². The van der Waals surface area contributed by atoms with Gasteiger partial charge in [-0.3, -0.25) is 4.68 Å². The lowest BCUT2D eigenvalue weighted by atomic mass is 9.87. The first-order valence-electron chi connectivity index (χ1n) is 6.64. The molecule has 1 N–H and O–H groups in total. The van der Waals surface area contributed by atoms with E-state index >= 15 is 0 Å². The molecule has 17 heavy (non-hydrogen) atoms. The van der Waals surface area contributed by atoms with Gasteiger partial charge in [0, 0.05) is 30.9 Å². The van der Waals surface area contributed by atoms with Gasteiger partial charge in [-0.15, -0.1) is 0 Å². The summed E-state index contributed by atoms with van der Waals surface area (Å²) in [7, 11) is 2.02. The van der Waals surface area contributed by atoms with Crippen LogP contribution in [0.2, 0.25) is 0 Å². The largest absolute Gasteiger partial charge is 0.309 e. The highest BCUT2D eigenvalue weighted by molar-refractivity contribution is 5.24. The predicted molar refractivity (Wildman–Crippen MR) is 70.9 cm³/mol. The summed E-state index contributed by atoms with van der Waals surface area (Å²) in [6.45, 7) is 9.96. The quantitative estimate of drug-likeness (QED) is 0.873. The molecule has 1 aromatic rings. The average molecular weight is 235 g/mol. The summed E-state index contributed by atoms with van der Waals surface area (Å²) in [5.41, 5.74) is 4.26. The van der Waals surface area contributed by atoms with E-state index in [0.29, 0.717) is 11.5 Å². The van der Waals surface area contributed by atoms with Gasteiger partial charge in [0.2, 0.25) is 0 Å². The van der Waals surface area contributed by atoms with Gasteiger partial charge < -0.3 is 5.32 Å². The van der Waals surface area contributed by atoms with E-state index in [1.54, 1.807) is 0 Å². The van der Waals surface area contributed by atoms with Crippen LogP contribution in [0.5, 0.6) is 0 Å². The zero-order chi connectivity index (χ0) is 12.6. The lowest BCUT2D eigenvalue weighted by molar-refractivity contribution is 0.282. The molecule has 96 valence electrons. The van der Waals surface area contributed by atoms with Crippen LogP contribution in [-0.2, 0) is 13.6 Å². The van der Waals surface area contributed by atoms with E-state index < -0.39 is 0 Å². The zero-order valence-electron chi connectivity index (χ0n) is 11.8. The van der Waals surface area contributed by atoms with E-state index in [1.165, 1.54) is 30.5 Å². The molecule has 1 aromatic heterocycles. The molecule has 2 rings (SSSR count). The molecule has 3 heteroatoms. The molecule has 1 aliphatic carbocycles. The van der Waals surface area contributed by atoms with Crippen molar-refractivity contribution in [3.63, 3.8) is 0 Å². The van der Waals surface area contributed by atoms with E-state index in [-0.39, 0.29) is 0 Å². The third-order valence-corrected chi connectivity index (χ3v) is 4.44. The molecule has 1 heterocycles. The topological polar surface area (TPSA) is 29.9 Å². The van der Waals surface area contributed by atoms with Crippen LogP contribution in [0, 0.1) is 19.3 Å². The lowest BCUT2D eigenvalue weighted by Gasteiger charge is -2.28. The van der Waals surface area contributed by atoms with E-state index in [1.807, 2.05) is 11.7 Å². The predicted octanol–water partition coefficient (Wildman–Crippen LogP) is 2.71. The summed E-state index contributed by atoms with van der Waals surface area (Å²) in [6, 6.07) is 0.654. The normalized spacial score (nSPS) is 23.2. The van der Waals surface area contributed by atoms with Gasteiger partial charge in [-0.1, -0.05) is 20.3 Å². The Morgan fingerprint density at radius 3 is 2.59 bits per heavy atom. The highest BCUT2D eigenvalue weighted by atomic mass is 15.3. The number of aromatic nitrogens is 2. The van der Waals surface area contributed by atoms with Gasteiger partial charge in [0.1, 0.15) is 0 Å². The molecule has 0 radical (unpaired) electrons. The molecule has 1 fully saturated rings. The molecule has 0 spiro atoms. The SMILES string of the molecule is Cc1nn(C)c(C)c1CNC1CCCC1(C)C. The first kappa shape index (κ1) is 12.6. The number of rotatable bonds is 3. The fourth-order valence-electron chi connectivity index (χ4n) is 3.00. The fraction of sp³-hybridized carbons (Fsp3) is 0.786. The van der Waals surface area contributed by atoms with Gasteiger partial charge in [-0.05, 0) is 32.1 Å². The maximum absolute atomic E-state index is 4.47. The Balaban J connectivity index is 2.03. The molecule has 3 nitrogen and oxygen atoms in total. The van der Waals surface area contributed by atoms with Gasteiger partial charge in [-0.25, -0.2) is 0 Å². The summed E-state index contributed by atoms with van der Waals surface area (Å²) >= 11 is 0. The molecule has 0 bridgehead atoms. The van der Waals surface area contributed by atoms with Crippen LogP contribution in [0.15, 0.2) is 0 Å². The molecule has 1 unspecified atom stereocenters. The van der Waals surface area contributed by atoms with Crippen molar-refractivity contribution < 1.29 is 0 Å². The van der Waals surface area contributed by atoms with Crippen LogP contribution in [-0.4, -0.2) is 15.8 Å². The smallest absolute Gasteiger partial charge is 0.0641 e. The summed E-state index contributed by atoms with van der Waals surface area (Å²) in [4.78, 5) is 0. The zero-order valence-corrected chi connectivity index (χ0v) is 11.8. The molecule has 0 saturated heterocycles. The van der Waals surface area contributed by atoms with Crippen LogP contribution in [0.3, 0.4) is 0 Å². The Bertz CT molecular complexity index is 404. The summed E-state index contributed by atoms with van der Waals surface area (Å²) < 4.78 is 1.98. The van der Waals surface area contributed by atoms with Gasteiger partial charge in [-0.2, -0.15) is 5.10 Å². The second-order valence-electron chi connectivity index (χ2n) is 6.09. The van der Waals surface area contributed by atoms with Gasteiger partial charge in [0.05, 0.1) is 5.69 Å². The number of aryl methyl sites for hydroxylation is 2. The van der Waals surface area contributed by atoms with Crippen molar-refractivity contribution in [2.24, 2.45) is 12.5 Å². The maximum atomic E-state index is 4.47. The van der Waals surface area contributed by atoms with Crippen LogP contribution in [0.4, 0.5) is 0 Å². The minimum Gasteiger partial charge on any atom is -0.309 e. The third kappa shape index (κ3) is 2.39. The number of nitrogens with one attached hydrogen (secondary N) is 1. The number of nitrogens with zero attached hydrogens (tertiary/aromatic N) is 2. The summed E-state index contributed by atoms with van der Waals surface area (Å²) in [5.74, 6) is 0. The molecule has 1 aliphatic rings. The highest BCUT2D eigenvalue weighted by Crippen LogP contribution is 2.37. The average Bonchev–Trinajstić information content (AvgIpc) is 2.68. The Morgan fingerprint density at radius 1 is 1.41 bits per heavy atom. The summed E-state index contributed by atoms with van der Waals surface area (Å²) in [5, 5.41) is 8.20. The van der Waals surface area contributed by atoms with Crippen molar-refractivity contribution in [3.05, 3.63) is 17.0 Å². The second-order valence-corrected chi connectivity index (χ2v) is 6.09. The number of hydrogen-bond donors (Lipinski definition) is 1. The third-order valence-electron chi connectivity index (χ3n) is 4.44. The maximum Gasteiger partial charge on any atom is 0.0641 e. The minimum atomic E-state index is 0.448. The minimum absolute atomic E-state index is 0.448. The molecule has 0 aromatic carbocycles. The monoisotopic (exact) mass is 235 g/mol. The van der Waals surface area contributed by atoms with E-state index in [9.17, 15) is 0 Å². The number of hydrogen-bond acceptors (Lipinski definition) is 2. The Labute approximate surface area is 105 Å². The first-order chi connectivity index (χ1) is 7.92.